The van der Waals surface area contributed by atoms with Gasteiger partial charge in [0.25, 0.3) is 0 Å². The molecule has 0 saturated carbocycles. The van der Waals surface area contributed by atoms with Gasteiger partial charge in [0.15, 0.2) is 5.76 Å². The van der Waals surface area contributed by atoms with Gasteiger partial charge in [-0.3, -0.25) is 15.0 Å². The van der Waals surface area contributed by atoms with E-state index in [0.717, 1.165) is 5.39 Å². The van der Waals surface area contributed by atoms with Crippen LogP contribution in [0.25, 0.3) is 11.0 Å². The number of benzene rings is 2. The van der Waals surface area contributed by atoms with Crippen LogP contribution in [0.1, 0.15) is 17.5 Å². The molecule has 3 rings (SSSR count). The molecule has 0 aliphatic rings. The number of carbonyl (C=O) groups is 3. The summed E-state index contributed by atoms with van der Waals surface area (Å²) < 4.78 is 5.41. The molecular formula is C18H16N4O4. The van der Waals surface area contributed by atoms with Gasteiger partial charge in [-0.25, -0.2) is 10.2 Å². The van der Waals surface area contributed by atoms with Gasteiger partial charge in [-0.1, -0.05) is 18.2 Å². The van der Waals surface area contributed by atoms with Gasteiger partial charge in [-0.05, 0) is 36.4 Å². The number of nitrogens with one attached hydrogen (secondary N) is 4. The lowest BCUT2D eigenvalue weighted by Gasteiger charge is -2.09. The van der Waals surface area contributed by atoms with Crippen molar-refractivity contribution < 1.29 is 18.8 Å². The first kappa shape index (κ1) is 17.0. The normalized spacial score (nSPS) is 10.2. The van der Waals surface area contributed by atoms with Gasteiger partial charge in [0.05, 0.1) is 0 Å². The van der Waals surface area contributed by atoms with Gasteiger partial charge < -0.3 is 15.1 Å². The van der Waals surface area contributed by atoms with Crippen LogP contribution < -0.4 is 21.5 Å². The minimum atomic E-state index is -0.623. The van der Waals surface area contributed by atoms with Crippen LogP contribution in [0.5, 0.6) is 0 Å². The van der Waals surface area contributed by atoms with Crippen LogP contribution in [-0.4, -0.2) is 17.8 Å². The number of amides is 4. The Hall–Kier alpha value is -3.81. The lowest BCUT2D eigenvalue weighted by molar-refractivity contribution is -0.114. The van der Waals surface area contributed by atoms with E-state index < -0.39 is 11.9 Å². The largest absolute Gasteiger partial charge is 0.451 e. The Morgan fingerprint density at radius 1 is 0.846 bits per heavy atom. The Bertz CT molecular complexity index is 930. The second-order valence-electron chi connectivity index (χ2n) is 5.44. The van der Waals surface area contributed by atoms with Crippen molar-refractivity contribution in [2.45, 2.75) is 6.92 Å². The highest BCUT2D eigenvalue weighted by molar-refractivity contribution is 5.98. The molecule has 2 aromatic carbocycles. The van der Waals surface area contributed by atoms with Gasteiger partial charge in [0.2, 0.25) is 5.91 Å². The zero-order valence-electron chi connectivity index (χ0n) is 13.8. The molecule has 0 bridgehead atoms. The fraction of sp³-hybridized carbons (Fsp3) is 0.0556. The fourth-order valence-electron chi connectivity index (χ4n) is 2.27. The van der Waals surface area contributed by atoms with Crippen molar-refractivity contribution >= 4 is 40.2 Å². The summed E-state index contributed by atoms with van der Waals surface area (Å²) in [6, 6.07) is 14.7. The first-order chi connectivity index (χ1) is 12.5. The standard InChI is InChI=1S/C18H16N4O4/c1-11(23)19-13-6-8-14(9-7-13)20-18(25)22-21-17(24)16-10-12-4-2-3-5-15(12)26-16/h2-10H,1H3,(H,19,23)(H,21,24)(H2,20,22,25). The lowest BCUT2D eigenvalue weighted by atomic mass is 10.2. The summed E-state index contributed by atoms with van der Waals surface area (Å²) >= 11 is 0. The van der Waals surface area contributed by atoms with Crippen molar-refractivity contribution in [1.82, 2.24) is 10.9 Å². The van der Waals surface area contributed by atoms with E-state index in [1.165, 1.54) is 6.92 Å². The predicted octanol–water partition coefficient (Wildman–Crippen LogP) is 2.86. The maximum absolute atomic E-state index is 12.0. The van der Waals surface area contributed by atoms with Crippen LogP contribution in [0.15, 0.2) is 59.0 Å². The maximum atomic E-state index is 12.0. The zero-order chi connectivity index (χ0) is 18.5. The van der Waals surface area contributed by atoms with Crippen molar-refractivity contribution in [3.8, 4) is 0 Å². The van der Waals surface area contributed by atoms with E-state index in [1.54, 1.807) is 42.5 Å². The van der Waals surface area contributed by atoms with E-state index in [4.69, 9.17) is 4.42 Å². The molecule has 4 amide bonds. The number of furan rings is 1. The first-order valence-electron chi connectivity index (χ1n) is 7.75. The van der Waals surface area contributed by atoms with Crippen molar-refractivity contribution in [2.75, 3.05) is 10.6 Å². The smallest absolute Gasteiger partial charge is 0.337 e. The predicted molar refractivity (Wildman–Crippen MR) is 96.6 cm³/mol. The van der Waals surface area contributed by atoms with Gasteiger partial charge in [-0.2, -0.15) is 0 Å². The molecule has 0 aliphatic heterocycles. The summed E-state index contributed by atoms with van der Waals surface area (Å²) in [7, 11) is 0. The summed E-state index contributed by atoms with van der Waals surface area (Å²) in [4.78, 5) is 34.8. The molecule has 0 saturated heterocycles. The van der Waals surface area contributed by atoms with Crippen LogP contribution in [0.4, 0.5) is 16.2 Å². The third-order valence-electron chi connectivity index (χ3n) is 3.40. The summed E-state index contributed by atoms with van der Waals surface area (Å²) in [5.41, 5.74) is 6.20. The molecule has 0 spiro atoms. The molecule has 0 unspecified atom stereocenters. The van der Waals surface area contributed by atoms with Crippen molar-refractivity contribution in [2.24, 2.45) is 0 Å². The Balaban J connectivity index is 1.53. The van der Waals surface area contributed by atoms with Crippen LogP contribution in [0.3, 0.4) is 0 Å². The Morgan fingerprint density at radius 2 is 1.50 bits per heavy atom. The summed E-state index contributed by atoms with van der Waals surface area (Å²) in [6.45, 7) is 1.41. The van der Waals surface area contributed by atoms with Gasteiger partial charge in [0.1, 0.15) is 5.58 Å². The maximum Gasteiger partial charge on any atom is 0.337 e. The second-order valence-corrected chi connectivity index (χ2v) is 5.44. The molecule has 8 nitrogen and oxygen atoms in total. The van der Waals surface area contributed by atoms with Gasteiger partial charge in [0, 0.05) is 23.7 Å². The number of urea groups is 1. The third kappa shape index (κ3) is 4.18. The zero-order valence-corrected chi connectivity index (χ0v) is 13.8. The molecule has 0 atom stereocenters. The first-order valence-corrected chi connectivity index (χ1v) is 7.75. The van der Waals surface area contributed by atoms with Crippen molar-refractivity contribution in [3.05, 3.63) is 60.4 Å². The number of carbonyl (C=O) groups excluding carboxylic acids is 3. The molecule has 8 heteroatoms. The average Bonchev–Trinajstić information content (AvgIpc) is 3.05. The van der Waals surface area contributed by atoms with E-state index >= 15 is 0 Å². The molecule has 0 aliphatic carbocycles. The Labute approximate surface area is 148 Å². The summed E-state index contributed by atoms with van der Waals surface area (Å²) in [6.07, 6.45) is 0. The Morgan fingerprint density at radius 3 is 2.15 bits per heavy atom. The third-order valence-corrected chi connectivity index (χ3v) is 3.40. The highest BCUT2D eigenvalue weighted by Gasteiger charge is 2.12. The number of anilines is 2. The minimum absolute atomic E-state index is 0.0890. The highest BCUT2D eigenvalue weighted by Crippen LogP contribution is 2.18. The number of para-hydroxylation sites is 1. The van der Waals surface area contributed by atoms with E-state index in [2.05, 4.69) is 21.5 Å². The molecule has 4 N–H and O–H groups in total. The monoisotopic (exact) mass is 352 g/mol. The Kier molecular flexibility index (Phi) is 4.84. The molecule has 3 aromatic rings. The van der Waals surface area contributed by atoms with E-state index in [1.807, 2.05) is 12.1 Å². The summed E-state index contributed by atoms with van der Waals surface area (Å²) in [5.74, 6) is -0.666. The molecule has 26 heavy (non-hydrogen) atoms. The van der Waals surface area contributed by atoms with Crippen molar-refractivity contribution in [3.63, 3.8) is 0 Å². The van der Waals surface area contributed by atoms with Crippen LogP contribution in [0.2, 0.25) is 0 Å². The number of hydrogen-bond donors (Lipinski definition) is 4. The molecular weight excluding hydrogens is 336 g/mol. The molecule has 1 aromatic heterocycles. The second kappa shape index (κ2) is 7.39. The fourth-order valence-corrected chi connectivity index (χ4v) is 2.27. The molecule has 0 radical (unpaired) electrons. The minimum Gasteiger partial charge on any atom is -0.451 e. The highest BCUT2D eigenvalue weighted by atomic mass is 16.3. The van der Waals surface area contributed by atoms with Crippen molar-refractivity contribution in [1.29, 1.82) is 0 Å². The topological polar surface area (TPSA) is 112 Å². The van der Waals surface area contributed by atoms with Crippen LogP contribution >= 0.6 is 0 Å². The molecule has 1 heterocycles. The number of rotatable bonds is 3. The van der Waals surface area contributed by atoms with Gasteiger partial charge >= 0.3 is 11.9 Å². The van der Waals surface area contributed by atoms with Crippen LogP contribution in [-0.2, 0) is 4.79 Å². The number of hydrazine groups is 1. The SMILES string of the molecule is CC(=O)Nc1ccc(NC(=O)NNC(=O)c2cc3ccccc3o2)cc1. The van der Waals surface area contributed by atoms with Gasteiger partial charge in [-0.15, -0.1) is 0 Å². The van der Waals surface area contributed by atoms with E-state index in [0.29, 0.717) is 17.0 Å². The number of fused-ring (bicyclic) bond motifs is 1. The van der Waals surface area contributed by atoms with E-state index in [-0.39, 0.29) is 11.7 Å². The average molecular weight is 352 g/mol. The molecule has 132 valence electrons. The summed E-state index contributed by atoms with van der Waals surface area (Å²) in [5, 5.41) is 5.96. The van der Waals surface area contributed by atoms with E-state index in [9.17, 15) is 14.4 Å². The number of hydrogen-bond acceptors (Lipinski definition) is 4. The lowest BCUT2D eigenvalue weighted by Crippen LogP contribution is -2.43. The molecule has 0 fully saturated rings. The quantitative estimate of drug-likeness (QED) is 0.543. The van der Waals surface area contributed by atoms with Crippen LogP contribution in [0, 0.1) is 0 Å².